The second-order valence-corrected chi connectivity index (χ2v) is 3.37. The first-order valence-electron chi connectivity index (χ1n) is 4.80. The predicted octanol–water partition coefficient (Wildman–Crippen LogP) is 0.574. The van der Waals surface area contributed by atoms with Crippen molar-refractivity contribution in [1.29, 1.82) is 0 Å². The average Bonchev–Trinajstić information content (AvgIpc) is 2.21. The number of rotatable bonds is 4. The molecule has 1 N–H and O–H groups in total. The Bertz CT molecular complexity index is 367. The van der Waals surface area contributed by atoms with E-state index in [0.29, 0.717) is 12.5 Å². The summed E-state index contributed by atoms with van der Waals surface area (Å²) >= 11 is 0. The molecule has 0 amide bonds. The summed E-state index contributed by atoms with van der Waals surface area (Å²) in [5, 5.41) is 3.07. The SMILES string of the molecule is C#CCN(C)c1ncc(CNC)c(C)n1. The van der Waals surface area contributed by atoms with Crippen LogP contribution >= 0.6 is 0 Å². The van der Waals surface area contributed by atoms with Gasteiger partial charge in [0.25, 0.3) is 0 Å². The Hall–Kier alpha value is -1.60. The number of aryl methyl sites for hydroxylation is 1. The molecule has 1 heterocycles. The molecule has 80 valence electrons. The van der Waals surface area contributed by atoms with Gasteiger partial charge < -0.3 is 10.2 Å². The molecule has 0 saturated heterocycles. The lowest BCUT2D eigenvalue weighted by molar-refractivity contribution is 0.792. The first kappa shape index (κ1) is 11.5. The highest BCUT2D eigenvalue weighted by molar-refractivity contribution is 5.33. The monoisotopic (exact) mass is 204 g/mol. The van der Waals surface area contributed by atoms with Crippen molar-refractivity contribution < 1.29 is 0 Å². The van der Waals surface area contributed by atoms with Gasteiger partial charge in [0.15, 0.2) is 0 Å². The van der Waals surface area contributed by atoms with Gasteiger partial charge in [-0.1, -0.05) is 5.92 Å². The number of nitrogens with zero attached hydrogens (tertiary/aromatic N) is 3. The summed E-state index contributed by atoms with van der Waals surface area (Å²) in [7, 11) is 3.78. The van der Waals surface area contributed by atoms with Gasteiger partial charge in [-0.05, 0) is 14.0 Å². The Kier molecular flexibility index (Phi) is 4.07. The molecule has 0 spiro atoms. The third-order valence-electron chi connectivity index (χ3n) is 2.11. The predicted molar refractivity (Wildman–Crippen MR) is 61.6 cm³/mol. The van der Waals surface area contributed by atoms with Crippen LogP contribution < -0.4 is 10.2 Å². The van der Waals surface area contributed by atoms with Crippen molar-refractivity contribution >= 4 is 5.95 Å². The van der Waals surface area contributed by atoms with Gasteiger partial charge in [0.2, 0.25) is 5.95 Å². The maximum atomic E-state index is 5.23. The van der Waals surface area contributed by atoms with E-state index in [9.17, 15) is 0 Å². The van der Waals surface area contributed by atoms with Crippen LogP contribution in [-0.4, -0.2) is 30.6 Å². The molecule has 0 bridgehead atoms. The normalized spacial score (nSPS) is 9.73. The molecule has 0 aliphatic carbocycles. The van der Waals surface area contributed by atoms with E-state index in [1.807, 2.05) is 32.1 Å². The number of terminal acetylenes is 1. The number of nitrogens with one attached hydrogen (secondary N) is 1. The fourth-order valence-electron chi connectivity index (χ4n) is 1.24. The quantitative estimate of drug-likeness (QED) is 0.728. The lowest BCUT2D eigenvalue weighted by Crippen LogP contribution is -2.20. The number of anilines is 1. The Morgan fingerprint density at radius 3 is 2.87 bits per heavy atom. The van der Waals surface area contributed by atoms with Crippen molar-refractivity contribution in [2.45, 2.75) is 13.5 Å². The number of aromatic nitrogens is 2. The minimum atomic E-state index is 0.519. The zero-order chi connectivity index (χ0) is 11.3. The van der Waals surface area contributed by atoms with Crippen molar-refractivity contribution in [3.8, 4) is 12.3 Å². The van der Waals surface area contributed by atoms with Crippen LogP contribution in [-0.2, 0) is 6.54 Å². The number of hydrogen-bond donors (Lipinski definition) is 1. The Morgan fingerprint density at radius 1 is 1.60 bits per heavy atom. The minimum absolute atomic E-state index is 0.519. The third-order valence-corrected chi connectivity index (χ3v) is 2.11. The Morgan fingerprint density at radius 2 is 2.33 bits per heavy atom. The molecule has 4 nitrogen and oxygen atoms in total. The van der Waals surface area contributed by atoms with Gasteiger partial charge >= 0.3 is 0 Å². The van der Waals surface area contributed by atoms with Crippen molar-refractivity contribution in [2.24, 2.45) is 0 Å². The van der Waals surface area contributed by atoms with Gasteiger partial charge in [-0.25, -0.2) is 9.97 Å². The smallest absolute Gasteiger partial charge is 0.226 e. The van der Waals surface area contributed by atoms with Gasteiger partial charge in [-0.15, -0.1) is 6.42 Å². The standard InChI is InChI=1S/C11H16N4/c1-5-6-15(4)11-13-8-10(7-12-3)9(2)14-11/h1,8,12H,6-7H2,2-4H3. The lowest BCUT2D eigenvalue weighted by Gasteiger charge is -2.14. The average molecular weight is 204 g/mol. The van der Waals surface area contributed by atoms with Crippen molar-refractivity contribution in [1.82, 2.24) is 15.3 Å². The van der Waals surface area contributed by atoms with E-state index < -0.39 is 0 Å². The third kappa shape index (κ3) is 2.93. The van der Waals surface area contributed by atoms with Crippen molar-refractivity contribution in [3.63, 3.8) is 0 Å². The second-order valence-electron chi connectivity index (χ2n) is 3.37. The molecule has 0 fully saturated rings. The maximum absolute atomic E-state index is 5.23. The van der Waals surface area contributed by atoms with Crippen LogP contribution in [0.3, 0.4) is 0 Å². The van der Waals surface area contributed by atoms with Crippen LogP contribution in [0, 0.1) is 19.3 Å². The van der Waals surface area contributed by atoms with Crippen molar-refractivity contribution in [2.75, 3.05) is 25.5 Å². The van der Waals surface area contributed by atoms with Crippen LogP contribution in [0.1, 0.15) is 11.3 Å². The highest BCUT2D eigenvalue weighted by atomic mass is 15.2. The molecule has 0 aliphatic heterocycles. The van der Waals surface area contributed by atoms with Crippen LogP contribution in [0.4, 0.5) is 5.95 Å². The van der Waals surface area contributed by atoms with Crippen LogP contribution in [0.25, 0.3) is 0 Å². The second kappa shape index (κ2) is 5.32. The lowest BCUT2D eigenvalue weighted by atomic mass is 10.2. The number of hydrogen-bond acceptors (Lipinski definition) is 4. The Balaban J connectivity index is 2.86. The zero-order valence-corrected chi connectivity index (χ0v) is 9.41. The maximum Gasteiger partial charge on any atom is 0.226 e. The molecule has 0 saturated carbocycles. The van der Waals surface area contributed by atoms with Crippen LogP contribution in [0.5, 0.6) is 0 Å². The van der Waals surface area contributed by atoms with Crippen molar-refractivity contribution in [3.05, 3.63) is 17.5 Å². The topological polar surface area (TPSA) is 41.1 Å². The molecule has 15 heavy (non-hydrogen) atoms. The molecule has 0 aliphatic rings. The molecule has 0 atom stereocenters. The minimum Gasteiger partial charge on any atom is -0.333 e. The molecule has 0 radical (unpaired) electrons. The van der Waals surface area contributed by atoms with E-state index in [1.54, 1.807) is 0 Å². The van der Waals surface area contributed by atoms with E-state index >= 15 is 0 Å². The summed E-state index contributed by atoms with van der Waals surface area (Å²) in [6, 6.07) is 0. The fraction of sp³-hybridized carbons (Fsp3) is 0.455. The van der Waals surface area contributed by atoms with Gasteiger partial charge in [0.1, 0.15) is 0 Å². The van der Waals surface area contributed by atoms with Crippen LogP contribution in [0.15, 0.2) is 6.20 Å². The molecular formula is C11H16N4. The summed E-state index contributed by atoms with van der Waals surface area (Å²) in [4.78, 5) is 10.5. The first-order valence-corrected chi connectivity index (χ1v) is 4.80. The van der Waals surface area contributed by atoms with Gasteiger partial charge in [-0.3, -0.25) is 0 Å². The largest absolute Gasteiger partial charge is 0.333 e. The molecule has 1 rings (SSSR count). The van der Waals surface area contributed by atoms with E-state index in [2.05, 4.69) is 21.2 Å². The van der Waals surface area contributed by atoms with E-state index in [-0.39, 0.29) is 0 Å². The molecule has 1 aromatic rings. The fourth-order valence-corrected chi connectivity index (χ4v) is 1.24. The van der Waals surface area contributed by atoms with E-state index in [0.717, 1.165) is 17.8 Å². The molecular weight excluding hydrogens is 188 g/mol. The highest BCUT2D eigenvalue weighted by Gasteiger charge is 2.05. The first-order chi connectivity index (χ1) is 7.19. The van der Waals surface area contributed by atoms with Gasteiger partial charge in [0.05, 0.1) is 6.54 Å². The molecule has 4 heteroatoms. The molecule has 0 aromatic carbocycles. The molecule has 0 unspecified atom stereocenters. The van der Waals surface area contributed by atoms with E-state index in [1.165, 1.54) is 0 Å². The summed E-state index contributed by atoms with van der Waals surface area (Å²) < 4.78 is 0. The van der Waals surface area contributed by atoms with E-state index in [4.69, 9.17) is 6.42 Å². The summed E-state index contributed by atoms with van der Waals surface area (Å²) in [5.41, 5.74) is 2.09. The summed E-state index contributed by atoms with van der Waals surface area (Å²) in [6.07, 6.45) is 7.06. The van der Waals surface area contributed by atoms with Gasteiger partial charge in [-0.2, -0.15) is 0 Å². The van der Waals surface area contributed by atoms with Gasteiger partial charge in [0, 0.05) is 31.0 Å². The Labute approximate surface area is 90.7 Å². The van der Waals surface area contributed by atoms with Crippen LogP contribution in [0.2, 0.25) is 0 Å². The zero-order valence-electron chi connectivity index (χ0n) is 9.41. The highest BCUT2D eigenvalue weighted by Crippen LogP contribution is 2.09. The summed E-state index contributed by atoms with van der Waals surface area (Å²) in [6.45, 7) is 3.28. The summed E-state index contributed by atoms with van der Waals surface area (Å²) in [5.74, 6) is 3.23. The molecule has 1 aromatic heterocycles.